The van der Waals surface area contributed by atoms with Gasteiger partial charge in [-0.1, -0.05) is 0 Å². The van der Waals surface area contributed by atoms with Gasteiger partial charge in [0.05, 0.1) is 6.07 Å². The van der Waals surface area contributed by atoms with Crippen LogP contribution < -0.4 is 5.32 Å². The van der Waals surface area contributed by atoms with Gasteiger partial charge < -0.3 is 15.0 Å². The van der Waals surface area contributed by atoms with Crippen LogP contribution in [0.3, 0.4) is 0 Å². The quantitative estimate of drug-likeness (QED) is 0.841. The zero-order chi connectivity index (χ0) is 13.7. The molecule has 1 aliphatic heterocycles. The SMILES string of the molecule is CNC1(C#N)CCCC(N(C)CC2CCOCC2)C1. The molecule has 4 heteroatoms. The van der Waals surface area contributed by atoms with Gasteiger partial charge in [0.15, 0.2) is 0 Å². The van der Waals surface area contributed by atoms with Crippen molar-refractivity contribution in [3.63, 3.8) is 0 Å². The van der Waals surface area contributed by atoms with E-state index in [0.29, 0.717) is 6.04 Å². The minimum Gasteiger partial charge on any atom is -0.381 e. The summed E-state index contributed by atoms with van der Waals surface area (Å²) in [7, 11) is 4.15. The number of nitrogens with zero attached hydrogens (tertiary/aromatic N) is 2. The maximum Gasteiger partial charge on any atom is 0.108 e. The van der Waals surface area contributed by atoms with Gasteiger partial charge in [0, 0.05) is 25.8 Å². The number of hydrogen-bond donors (Lipinski definition) is 1. The van der Waals surface area contributed by atoms with E-state index in [-0.39, 0.29) is 5.54 Å². The van der Waals surface area contributed by atoms with Crippen molar-refractivity contribution >= 4 is 0 Å². The molecule has 0 amide bonds. The van der Waals surface area contributed by atoms with Crippen LogP contribution in [0.4, 0.5) is 0 Å². The Morgan fingerprint density at radius 1 is 1.37 bits per heavy atom. The summed E-state index contributed by atoms with van der Waals surface area (Å²) in [5.41, 5.74) is -0.299. The number of rotatable bonds is 4. The van der Waals surface area contributed by atoms with E-state index in [4.69, 9.17) is 4.74 Å². The molecule has 2 rings (SSSR count). The molecule has 1 saturated heterocycles. The van der Waals surface area contributed by atoms with E-state index in [0.717, 1.165) is 44.9 Å². The van der Waals surface area contributed by atoms with Crippen molar-refractivity contribution in [1.29, 1.82) is 5.26 Å². The van der Waals surface area contributed by atoms with Gasteiger partial charge in [0.2, 0.25) is 0 Å². The Balaban J connectivity index is 1.87. The Bertz CT molecular complexity index is 322. The summed E-state index contributed by atoms with van der Waals surface area (Å²) in [6.45, 7) is 2.99. The van der Waals surface area contributed by atoms with Crippen molar-refractivity contribution in [2.75, 3.05) is 33.9 Å². The summed E-state index contributed by atoms with van der Waals surface area (Å²) in [6, 6.07) is 3.04. The molecular formula is C15H27N3O. The zero-order valence-corrected chi connectivity index (χ0v) is 12.3. The van der Waals surface area contributed by atoms with Crippen LogP contribution in [-0.2, 0) is 4.74 Å². The maximum atomic E-state index is 9.41. The average Bonchev–Trinajstić information content (AvgIpc) is 2.48. The van der Waals surface area contributed by atoms with E-state index < -0.39 is 0 Å². The third-order valence-corrected chi connectivity index (χ3v) is 4.93. The molecule has 1 aliphatic carbocycles. The minimum atomic E-state index is -0.299. The summed E-state index contributed by atoms with van der Waals surface area (Å²) in [4.78, 5) is 2.48. The summed E-state index contributed by atoms with van der Waals surface area (Å²) < 4.78 is 5.42. The Hall–Kier alpha value is -0.630. The molecule has 0 aromatic carbocycles. The number of nitrogens with one attached hydrogen (secondary N) is 1. The minimum absolute atomic E-state index is 0.299. The van der Waals surface area contributed by atoms with E-state index in [1.54, 1.807) is 0 Å². The molecule has 108 valence electrons. The number of nitriles is 1. The molecule has 1 N–H and O–H groups in total. The van der Waals surface area contributed by atoms with Gasteiger partial charge in [-0.2, -0.15) is 5.26 Å². The number of ether oxygens (including phenoxy) is 1. The fourth-order valence-electron chi connectivity index (χ4n) is 3.49. The Kier molecular flexibility index (Phi) is 5.20. The zero-order valence-electron chi connectivity index (χ0n) is 12.3. The van der Waals surface area contributed by atoms with Crippen LogP contribution in [0, 0.1) is 17.2 Å². The molecule has 1 saturated carbocycles. The van der Waals surface area contributed by atoms with Crippen molar-refractivity contribution in [3.8, 4) is 6.07 Å². The molecule has 0 spiro atoms. The van der Waals surface area contributed by atoms with Gasteiger partial charge in [-0.05, 0) is 58.5 Å². The summed E-state index contributed by atoms with van der Waals surface area (Å²) in [6.07, 6.45) is 6.70. The molecule has 2 fully saturated rings. The highest BCUT2D eigenvalue weighted by molar-refractivity contribution is 5.10. The molecule has 4 nitrogen and oxygen atoms in total. The molecule has 1 heterocycles. The van der Waals surface area contributed by atoms with Crippen LogP contribution in [0.15, 0.2) is 0 Å². The maximum absolute atomic E-state index is 9.41. The molecule has 0 radical (unpaired) electrons. The van der Waals surface area contributed by atoms with Crippen molar-refractivity contribution in [2.45, 2.75) is 50.1 Å². The van der Waals surface area contributed by atoms with Crippen molar-refractivity contribution in [1.82, 2.24) is 10.2 Å². The second-order valence-electron chi connectivity index (χ2n) is 6.19. The van der Waals surface area contributed by atoms with Gasteiger partial charge in [-0.15, -0.1) is 0 Å². The van der Waals surface area contributed by atoms with Crippen molar-refractivity contribution in [3.05, 3.63) is 0 Å². The fraction of sp³-hybridized carbons (Fsp3) is 0.933. The Labute approximate surface area is 117 Å². The molecule has 0 bridgehead atoms. The van der Waals surface area contributed by atoms with Gasteiger partial charge >= 0.3 is 0 Å². The lowest BCUT2D eigenvalue weighted by Gasteiger charge is -2.41. The smallest absolute Gasteiger partial charge is 0.108 e. The first-order chi connectivity index (χ1) is 9.19. The van der Waals surface area contributed by atoms with Crippen LogP contribution in [0.2, 0.25) is 0 Å². The normalized spacial score (nSPS) is 33.3. The average molecular weight is 265 g/mol. The fourth-order valence-corrected chi connectivity index (χ4v) is 3.49. The third-order valence-electron chi connectivity index (χ3n) is 4.93. The number of hydrogen-bond acceptors (Lipinski definition) is 4. The Morgan fingerprint density at radius 2 is 2.11 bits per heavy atom. The first kappa shape index (κ1) is 14.8. The van der Waals surface area contributed by atoms with Crippen LogP contribution in [0.1, 0.15) is 38.5 Å². The van der Waals surface area contributed by atoms with E-state index >= 15 is 0 Å². The molecule has 0 aromatic rings. The second kappa shape index (κ2) is 6.69. The summed E-state index contributed by atoms with van der Waals surface area (Å²) in [5, 5.41) is 12.7. The molecule has 19 heavy (non-hydrogen) atoms. The topological polar surface area (TPSA) is 48.3 Å². The van der Waals surface area contributed by atoms with Crippen molar-refractivity contribution < 1.29 is 4.74 Å². The lowest BCUT2D eigenvalue weighted by atomic mass is 9.79. The highest BCUT2D eigenvalue weighted by atomic mass is 16.5. The third kappa shape index (κ3) is 3.68. The molecule has 2 unspecified atom stereocenters. The largest absolute Gasteiger partial charge is 0.381 e. The van der Waals surface area contributed by atoms with Gasteiger partial charge in [0.1, 0.15) is 5.54 Å². The first-order valence-electron chi connectivity index (χ1n) is 7.57. The predicted molar refractivity (Wildman–Crippen MR) is 75.8 cm³/mol. The van der Waals surface area contributed by atoms with Gasteiger partial charge in [-0.3, -0.25) is 0 Å². The first-order valence-corrected chi connectivity index (χ1v) is 7.57. The molecular weight excluding hydrogens is 238 g/mol. The van der Waals surface area contributed by atoms with Gasteiger partial charge in [-0.25, -0.2) is 0 Å². The highest BCUT2D eigenvalue weighted by Gasteiger charge is 2.37. The predicted octanol–water partition coefficient (Wildman–Crippen LogP) is 1.77. The Morgan fingerprint density at radius 3 is 2.74 bits per heavy atom. The molecule has 2 aliphatic rings. The van der Waals surface area contributed by atoms with E-state index in [2.05, 4.69) is 23.3 Å². The lowest BCUT2D eigenvalue weighted by Crippen LogP contribution is -2.51. The van der Waals surface area contributed by atoms with E-state index in [1.165, 1.54) is 19.3 Å². The molecule has 0 aromatic heterocycles. The second-order valence-corrected chi connectivity index (χ2v) is 6.19. The van der Waals surface area contributed by atoms with Gasteiger partial charge in [0.25, 0.3) is 0 Å². The summed E-state index contributed by atoms with van der Waals surface area (Å²) >= 11 is 0. The van der Waals surface area contributed by atoms with E-state index in [9.17, 15) is 5.26 Å². The summed E-state index contributed by atoms with van der Waals surface area (Å²) in [5.74, 6) is 0.770. The van der Waals surface area contributed by atoms with Crippen molar-refractivity contribution in [2.24, 2.45) is 5.92 Å². The van der Waals surface area contributed by atoms with Crippen LogP contribution in [0.5, 0.6) is 0 Å². The highest BCUT2D eigenvalue weighted by Crippen LogP contribution is 2.31. The van der Waals surface area contributed by atoms with Crippen LogP contribution >= 0.6 is 0 Å². The molecule has 2 atom stereocenters. The van der Waals surface area contributed by atoms with Crippen LogP contribution in [-0.4, -0.2) is 50.3 Å². The standard InChI is InChI=1S/C15H27N3O/c1-17-15(12-16)7-3-4-14(10-15)18(2)11-13-5-8-19-9-6-13/h13-14,17H,3-11H2,1-2H3. The monoisotopic (exact) mass is 265 g/mol. The lowest BCUT2D eigenvalue weighted by molar-refractivity contribution is 0.0439. The van der Waals surface area contributed by atoms with Crippen LogP contribution in [0.25, 0.3) is 0 Å². The van der Waals surface area contributed by atoms with E-state index in [1.807, 2.05) is 7.05 Å².